The van der Waals surface area contributed by atoms with E-state index in [2.05, 4.69) is 10.3 Å². The van der Waals surface area contributed by atoms with Crippen LogP contribution in [0.25, 0.3) is 22.2 Å². The molecule has 1 aromatic heterocycles. The molecule has 0 bridgehead atoms. The van der Waals surface area contributed by atoms with Gasteiger partial charge < -0.3 is 15.5 Å². The fourth-order valence-electron chi connectivity index (χ4n) is 3.77. The Hall–Kier alpha value is -3.94. The van der Waals surface area contributed by atoms with E-state index in [4.69, 9.17) is 0 Å². The Labute approximate surface area is 171 Å². The SMILES string of the molecule is O=C(NC1CC(C(=O)O)N(C(=O)O)C1)c1cc(-c2ccccc2)nc2ccccc12. The van der Waals surface area contributed by atoms with Gasteiger partial charge in [-0.2, -0.15) is 0 Å². The minimum atomic E-state index is -1.32. The van der Waals surface area contributed by atoms with E-state index in [-0.39, 0.29) is 13.0 Å². The summed E-state index contributed by atoms with van der Waals surface area (Å²) in [7, 11) is 0. The molecule has 0 spiro atoms. The third-order valence-corrected chi connectivity index (χ3v) is 5.20. The highest BCUT2D eigenvalue weighted by Gasteiger charge is 2.40. The molecule has 0 aliphatic carbocycles. The number of carbonyl (C=O) groups excluding carboxylic acids is 1. The van der Waals surface area contributed by atoms with Crippen LogP contribution in [-0.4, -0.2) is 56.7 Å². The number of carboxylic acids is 1. The standard InChI is InChI=1S/C22H19N3O5/c26-20(23-14-10-19(21(27)28)25(12-14)22(29)30)16-11-18(13-6-2-1-3-7-13)24-17-9-5-4-8-15(16)17/h1-9,11,14,19H,10,12H2,(H,23,26)(H,27,28)(H,29,30). The molecule has 2 unspecified atom stereocenters. The van der Waals surface area contributed by atoms with Gasteiger partial charge in [0.25, 0.3) is 5.91 Å². The lowest BCUT2D eigenvalue weighted by Crippen LogP contribution is -2.40. The molecule has 2 atom stereocenters. The first-order chi connectivity index (χ1) is 14.4. The van der Waals surface area contributed by atoms with Gasteiger partial charge in [-0.25, -0.2) is 14.6 Å². The molecular formula is C22H19N3O5. The monoisotopic (exact) mass is 405 g/mol. The zero-order valence-corrected chi connectivity index (χ0v) is 15.9. The Balaban J connectivity index is 1.66. The number of aromatic nitrogens is 1. The number of carboxylic acid groups (broad SMARTS) is 2. The lowest BCUT2D eigenvalue weighted by atomic mass is 10.0. The van der Waals surface area contributed by atoms with Gasteiger partial charge in [-0.1, -0.05) is 48.5 Å². The molecule has 1 aliphatic rings. The van der Waals surface area contributed by atoms with Crippen molar-refractivity contribution in [1.82, 2.24) is 15.2 Å². The molecule has 3 aromatic rings. The Morgan fingerprint density at radius 2 is 1.70 bits per heavy atom. The van der Waals surface area contributed by atoms with Gasteiger partial charge in [-0.05, 0) is 12.1 Å². The maximum absolute atomic E-state index is 13.1. The van der Waals surface area contributed by atoms with Gasteiger partial charge in [0.05, 0.1) is 16.8 Å². The molecule has 30 heavy (non-hydrogen) atoms. The summed E-state index contributed by atoms with van der Waals surface area (Å²) < 4.78 is 0. The zero-order valence-electron chi connectivity index (χ0n) is 15.9. The third kappa shape index (κ3) is 3.67. The first kappa shape index (κ1) is 19.4. The second-order valence-corrected chi connectivity index (χ2v) is 7.13. The molecule has 2 aromatic carbocycles. The van der Waals surface area contributed by atoms with E-state index >= 15 is 0 Å². The van der Waals surface area contributed by atoms with Crippen molar-refractivity contribution in [3.8, 4) is 11.3 Å². The minimum Gasteiger partial charge on any atom is -0.480 e. The molecule has 2 amide bonds. The van der Waals surface area contributed by atoms with E-state index in [0.29, 0.717) is 22.2 Å². The lowest BCUT2D eigenvalue weighted by molar-refractivity contribution is -0.141. The first-order valence-corrected chi connectivity index (χ1v) is 9.42. The molecule has 0 radical (unpaired) electrons. The van der Waals surface area contributed by atoms with Crippen molar-refractivity contribution >= 4 is 28.9 Å². The molecule has 2 heterocycles. The number of hydrogen-bond acceptors (Lipinski definition) is 4. The summed E-state index contributed by atoms with van der Waals surface area (Å²) in [5.74, 6) is -1.62. The largest absolute Gasteiger partial charge is 0.480 e. The summed E-state index contributed by atoms with van der Waals surface area (Å²) in [6, 6.07) is 16.7. The summed E-state index contributed by atoms with van der Waals surface area (Å²) in [6.07, 6.45) is -1.30. The Morgan fingerprint density at radius 3 is 2.37 bits per heavy atom. The topological polar surface area (TPSA) is 120 Å². The molecule has 152 valence electrons. The van der Waals surface area contributed by atoms with E-state index in [1.54, 1.807) is 12.1 Å². The van der Waals surface area contributed by atoms with Gasteiger partial charge in [0.2, 0.25) is 0 Å². The van der Waals surface area contributed by atoms with Crippen LogP contribution in [-0.2, 0) is 4.79 Å². The van der Waals surface area contributed by atoms with Crippen molar-refractivity contribution in [1.29, 1.82) is 0 Å². The van der Waals surface area contributed by atoms with Crippen molar-refractivity contribution in [2.75, 3.05) is 6.54 Å². The molecule has 3 N–H and O–H groups in total. The minimum absolute atomic E-state index is 0.0158. The van der Waals surface area contributed by atoms with Crippen LogP contribution in [0.1, 0.15) is 16.8 Å². The number of nitrogens with one attached hydrogen (secondary N) is 1. The van der Waals surface area contributed by atoms with Crippen LogP contribution < -0.4 is 5.32 Å². The van der Waals surface area contributed by atoms with Gasteiger partial charge in [0.1, 0.15) is 6.04 Å². The van der Waals surface area contributed by atoms with Gasteiger partial charge in [-0.3, -0.25) is 9.69 Å². The smallest absolute Gasteiger partial charge is 0.408 e. The Morgan fingerprint density at radius 1 is 1.00 bits per heavy atom. The number of fused-ring (bicyclic) bond motifs is 1. The average Bonchev–Trinajstić information content (AvgIpc) is 3.18. The van der Waals surface area contributed by atoms with Crippen molar-refractivity contribution in [2.24, 2.45) is 0 Å². The van der Waals surface area contributed by atoms with Crippen LogP contribution in [0, 0.1) is 0 Å². The Kier molecular flexibility index (Phi) is 5.05. The van der Waals surface area contributed by atoms with Crippen LogP contribution in [0.15, 0.2) is 60.7 Å². The maximum Gasteiger partial charge on any atom is 0.408 e. The molecule has 8 nitrogen and oxygen atoms in total. The van der Waals surface area contributed by atoms with E-state index in [1.165, 1.54) is 0 Å². The van der Waals surface area contributed by atoms with E-state index < -0.39 is 30.1 Å². The lowest BCUT2D eigenvalue weighted by Gasteiger charge is -2.17. The first-order valence-electron chi connectivity index (χ1n) is 9.42. The molecule has 1 fully saturated rings. The normalized spacial score (nSPS) is 18.3. The summed E-state index contributed by atoms with van der Waals surface area (Å²) in [6.45, 7) is -0.0768. The average molecular weight is 405 g/mol. The highest BCUT2D eigenvalue weighted by atomic mass is 16.4. The number of nitrogens with zero attached hydrogens (tertiary/aromatic N) is 2. The fraction of sp³-hybridized carbons (Fsp3) is 0.182. The number of hydrogen-bond donors (Lipinski definition) is 3. The van der Waals surface area contributed by atoms with Crippen LogP contribution in [0.5, 0.6) is 0 Å². The van der Waals surface area contributed by atoms with Gasteiger partial charge in [0, 0.05) is 30.0 Å². The Bertz CT molecular complexity index is 1110. The van der Waals surface area contributed by atoms with Crippen LogP contribution >= 0.6 is 0 Å². The van der Waals surface area contributed by atoms with Crippen LogP contribution in [0.2, 0.25) is 0 Å². The van der Waals surface area contributed by atoms with E-state index in [1.807, 2.05) is 48.5 Å². The molecule has 4 rings (SSSR count). The van der Waals surface area contributed by atoms with Crippen LogP contribution in [0.4, 0.5) is 4.79 Å². The molecule has 1 saturated heterocycles. The van der Waals surface area contributed by atoms with Crippen molar-refractivity contribution in [3.63, 3.8) is 0 Å². The zero-order chi connectivity index (χ0) is 21.3. The second-order valence-electron chi connectivity index (χ2n) is 7.13. The summed E-state index contributed by atoms with van der Waals surface area (Å²) >= 11 is 0. The van der Waals surface area contributed by atoms with Crippen molar-refractivity contribution < 1.29 is 24.6 Å². The molecule has 0 saturated carbocycles. The highest BCUT2D eigenvalue weighted by molar-refractivity contribution is 6.07. The highest BCUT2D eigenvalue weighted by Crippen LogP contribution is 2.26. The quantitative estimate of drug-likeness (QED) is 0.614. The number of carbonyl (C=O) groups is 3. The molecule has 1 aliphatic heterocycles. The number of rotatable bonds is 4. The number of benzene rings is 2. The predicted octanol–water partition coefficient (Wildman–Crippen LogP) is 2.84. The third-order valence-electron chi connectivity index (χ3n) is 5.20. The van der Waals surface area contributed by atoms with Gasteiger partial charge in [0.15, 0.2) is 0 Å². The maximum atomic E-state index is 13.1. The van der Waals surface area contributed by atoms with Crippen molar-refractivity contribution in [3.05, 3.63) is 66.2 Å². The number of aliphatic carboxylic acids is 1. The van der Waals surface area contributed by atoms with Crippen LogP contribution in [0.3, 0.4) is 0 Å². The summed E-state index contributed by atoms with van der Waals surface area (Å²) in [4.78, 5) is 41.3. The van der Waals surface area contributed by atoms with Crippen molar-refractivity contribution in [2.45, 2.75) is 18.5 Å². The number of likely N-dealkylation sites (tertiary alicyclic amines) is 1. The van der Waals surface area contributed by atoms with Gasteiger partial charge >= 0.3 is 12.1 Å². The molecular weight excluding hydrogens is 386 g/mol. The van der Waals surface area contributed by atoms with Gasteiger partial charge in [-0.15, -0.1) is 0 Å². The van der Waals surface area contributed by atoms with E-state index in [0.717, 1.165) is 10.5 Å². The van der Waals surface area contributed by atoms with E-state index in [9.17, 15) is 24.6 Å². The summed E-state index contributed by atoms with van der Waals surface area (Å²) in [5.41, 5.74) is 2.56. The second kappa shape index (κ2) is 7.82. The predicted molar refractivity (Wildman–Crippen MR) is 109 cm³/mol. The fourth-order valence-corrected chi connectivity index (χ4v) is 3.77. The number of pyridine rings is 1. The number of para-hydroxylation sites is 1. The summed E-state index contributed by atoms with van der Waals surface area (Å²) in [5, 5.41) is 22.0. The molecule has 8 heteroatoms. The number of amides is 2.